The van der Waals surface area contributed by atoms with Crippen LogP contribution < -0.4 is 10.6 Å². The largest absolute Gasteiger partial charge is 0.444 e. The summed E-state index contributed by atoms with van der Waals surface area (Å²) in [7, 11) is 1.78. The van der Waals surface area contributed by atoms with Crippen LogP contribution in [0.1, 0.15) is 37.6 Å². The minimum absolute atomic E-state index is 0.0556. The first kappa shape index (κ1) is 17.1. The van der Waals surface area contributed by atoms with Gasteiger partial charge < -0.3 is 20.3 Å². The van der Waals surface area contributed by atoms with E-state index in [1.54, 1.807) is 18.0 Å². The fourth-order valence-corrected chi connectivity index (χ4v) is 2.53. The van der Waals surface area contributed by atoms with Gasteiger partial charge in [0.25, 0.3) is 5.91 Å². The highest BCUT2D eigenvalue weighted by Gasteiger charge is 2.30. The molecule has 6 heteroatoms. The van der Waals surface area contributed by atoms with Gasteiger partial charge in [-0.2, -0.15) is 0 Å². The van der Waals surface area contributed by atoms with Crippen molar-refractivity contribution in [2.45, 2.75) is 38.8 Å². The lowest BCUT2D eigenvalue weighted by atomic mass is 10.1. The van der Waals surface area contributed by atoms with Crippen LogP contribution in [-0.4, -0.2) is 48.7 Å². The molecule has 6 nitrogen and oxygen atoms in total. The Hall–Kier alpha value is -2.24. The van der Waals surface area contributed by atoms with Crippen molar-refractivity contribution in [1.29, 1.82) is 0 Å². The van der Waals surface area contributed by atoms with Crippen molar-refractivity contribution in [2.24, 2.45) is 0 Å². The van der Waals surface area contributed by atoms with Gasteiger partial charge in [0.05, 0.1) is 5.56 Å². The number of rotatable bonds is 3. The van der Waals surface area contributed by atoms with Crippen molar-refractivity contribution >= 4 is 17.7 Å². The molecule has 0 spiro atoms. The molecule has 1 heterocycles. The SMILES string of the molecule is CNc1ccccc1C(=O)N[C@@H]1CCN(C(=O)OC(C)(C)C)C1. The maximum Gasteiger partial charge on any atom is 0.410 e. The molecule has 0 aromatic heterocycles. The summed E-state index contributed by atoms with van der Waals surface area (Å²) in [6, 6.07) is 7.29. The van der Waals surface area contributed by atoms with Gasteiger partial charge in [-0.15, -0.1) is 0 Å². The summed E-state index contributed by atoms with van der Waals surface area (Å²) in [4.78, 5) is 26.1. The van der Waals surface area contributed by atoms with E-state index in [1.807, 2.05) is 39.0 Å². The zero-order valence-corrected chi connectivity index (χ0v) is 14.2. The molecule has 23 heavy (non-hydrogen) atoms. The van der Waals surface area contributed by atoms with Crippen molar-refractivity contribution in [2.75, 3.05) is 25.5 Å². The molecule has 0 radical (unpaired) electrons. The normalized spacial score (nSPS) is 17.7. The summed E-state index contributed by atoms with van der Waals surface area (Å²) in [5, 5.41) is 6.00. The van der Waals surface area contributed by atoms with Gasteiger partial charge in [-0.1, -0.05) is 12.1 Å². The van der Waals surface area contributed by atoms with E-state index in [0.717, 1.165) is 12.1 Å². The van der Waals surface area contributed by atoms with Gasteiger partial charge in [-0.3, -0.25) is 4.79 Å². The van der Waals surface area contributed by atoms with E-state index in [0.29, 0.717) is 18.7 Å². The molecule has 1 aromatic rings. The second kappa shape index (κ2) is 6.89. The van der Waals surface area contributed by atoms with E-state index in [1.165, 1.54) is 0 Å². The number of benzene rings is 1. The van der Waals surface area contributed by atoms with Gasteiger partial charge in [0.1, 0.15) is 5.60 Å². The topological polar surface area (TPSA) is 70.7 Å². The lowest BCUT2D eigenvalue weighted by molar-refractivity contribution is 0.0290. The Morgan fingerprint density at radius 3 is 2.61 bits per heavy atom. The zero-order chi connectivity index (χ0) is 17.0. The molecule has 0 aliphatic carbocycles. The molecule has 1 aliphatic heterocycles. The summed E-state index contributed by atoms with van der Waals surface area (Å²) in [5.41, 5.74) is 0.877. The standard InChI is InChI=1S/C17H25N3O3/c1-17(2,3)23-16(22)20-10-9-12(11-20)19-15(21)13-7-5-6-8-14(13)18-4/h5-8,12,18H,9-11H2,1-4H3,(H,19,21)/t12-/m1/s1. The molecule has 0 saturated carbocycles. The van der Waals surface area contributed by atoms with E-state index in [2.05, 4.69) is 10.6 Å². The van der Waals surface area contributed by atoms with E-state index in [-0.39, 0.29) is 18.0 Å². The van der Waals surface area contributed by atoms with Crippen molar-refractivity contribution in [3.63, 3.8) is 0 Å². The van der Waals surface area contributed by atoms with Gasteiger partial charge in [0.2, 0.25) is 0 Å². The maximum absolute atomic E-state index is 12.4. The Morgan fingerprint density at radius 2 is 1.96 bits per heavy atom. The summed E-state index contributed by atoms with van der Waals surface area (Å²) in [5.74, 6) is -0.133. The van der Waals surface area contributed by atoms with Crippen molar-refractivity contribution in [1.82, 2.24) is 10.2 Å². The van der Waals surface area contributed by atoms with Crippen LogP contribution in [0.3, 0.4) is 0 Å². The highest BCUT2D eigenvalue weighted by molar-refractivity contribution is 5.99. The number of para-hydroxylation sites is 1. The zero-order valence-electron chi connectivity index (χ0n) is 14.2. The Kier molecular flexibility index (Phi) is 5.13. The van der Waals surface area contributed by atoms with Crippen molar-refractivity contribution in [3.05, 3.63) is 29.8 Å². The van der Waals surface area contributed by atoms with Crippen LogP contribution in [0.4, 0.5) is 10.5 Å². The van der Waals surface area contributed by atoms with Crippen LogP contribution in [0.15, 0.2) is 24.3 Å². The number of nitrogens with zero attached hydrogens (tertiary/aromatic N) is 1. The van der Waals surface area contributed by atoms with Crippen LogP contribution >= 0.6 is 0 Å². The minimum Gasteiger partial charge on any atom is -0.444 e. The molecule has 2 amide bonds. The van der Waals surface area contributed by atoms with Gasteiger partial charge in [-0.25, -0.2) is 4.79 Å². The molecule has 2 N–H and O–H groups in total. The molecular weight excluding hydrogens is 294 g/mol. The number of anilines is 1. The second-order valence-electron chi connectivity index (χ2n) is 6.68. The molecule has 0 unspecified atom stereocenters. The average Bonchev–Trinajstić information content (AvgIpc) is 2.94. The van der Waals surface area contributed by atoms with Gasteiger partial charge in [-0.05, 0) is 39.3 Å². The summed E-state index contributed by atoms with van der Waals surface area (Å²) in [6.45, 7) is 6.59. The highest BCUT2D eigenvalue weighted by atomic mass is 16.6. The predicted octanol–water partition coefficient (Wildman–Crippen LogP) is 2.47. The number of ether oxygens (including phenoxy) is 1. The first-order chi connectivity index (χ1) is 10.8. The molecule has 1 aromatic carbocycles. The Labute approximate surface area is 137 Å². The monoisotopic (exact) mass is 319 g/mol. The number of carbonyl (C=O) groups is 2. The van der Waals surface area contributed by atoms with E-state index >= 15 is 0 Å². The number of carbonyl (C=O) groups excluding carboxylic acids is 2. The maximum atomic E-state index is 12.4. The number of amides is 2. The number of likely N-dealkylation sites (tertiary alicyclic amines) is 1. The molecule has 1 atom stereocenters. The van der Waals surface area contributed by atoms with Gasteiger partial charge >= 0.3 is 6.09 Å². The molecule has 126 valence electrons. The van der Waals surface area contributed by atoms with Crippen LogP contribution in [0.2, 0.25) is 0 Å². The molecule has 1 aliphatic rings. The fraction of sp³-hybridized carbons (Fsp3) is 0.529. The fourth-order valence-electron chi connectivity index (χ4n) is 2.53. The molecule has 1 saturated heterocycles. The van der Waals surface area contributed by atoms with Gasteiger partial charge in [0.15, 0.2) is 0 Å². The summed E-state index contributed by atoms with van der Waals surface area (Å²) in [6.07, 6.45) is 0.400. The Morgan fingerprint density at radius 1 is 1.26 bits per heavy atom. The molecular formula is C17H25N3O3. The van der Waals surface area contributed by atoms with Crippen LogP contribution in [0.5, 0.6) is 0 Å². The third kappa shape index (κ3) is 4.61. The molecule has 0 bridgehead atoms. The Balaban J connectivity index is 1.93. The van der Waals surface area contributed by atoms with Crippen LogP contribution in [-0.2, 0) is 4.74 Å². The first-order valence-corrected chi connectivity index (χ1v) is 7.86. The predicted molar refractivity (Wildman–Crippen MR) is 89.7 cm³/mol. The molecule has 2 rings (SSSR count). The third-order valence-corrected chi connectivity index (χ3v) is 3.62. The summed E-state index contributed by atoms with van der Waals surface area (Å²) >= 11 is 0. The quantitative estimate of drug-likeness (QED) is 0.898. The first-order valence-electron chi connectivity index (χ1n) is 7.86. The van der Waals surface area contributed by atoms with Crippen LogP contribution in [0, 0.1) is 0 Å². The van der Waals surface area contributed by atoms with Crippen LogP contribution in [0.25, 0.3) is 0 Å². The van der Waals surface area contributed by atoms with Gasteiger partial charge in [0, 0.05) is 31.9 Å². The minimum atomic E-state index is -0.510. The number of hydrogen-bond acceptors (Lipinski definition) is 4. The smallest absolute Gasteiger partial charge is 0.410 e. The average molecular weight is 319 g/mol. The molecule has 1 fully saturated rings. The lowest BCUT2D eigenvalue weighted by Gasteiger charge is -2.24. The number of hydrogen-bond donors (Lipinski definition) is 2. The van der Waals surface area contributed by atoms with Crippen molar-refractivity contribution < 1.29 is 14.3 Å². The highest BCUT2D eigenvalue weighted by Crippen LogP contribution is 2.17. The number of nitrogens with one attached hydrogen (secondary N) is 2. The second-order valence-corrected chi connectivity index (χ2v) is 6.68. The van der Waals surface area contributed by atoms with Crippen molar-refractivity contribution in [3.8, 4) is 0 Å². The Bertz CT molecular complexity index is 581. The van der Waals surface area contributed by atoms with E-state index in [9.17, 15) is 9.59 Å². The van der Waals surface area contributed by atoms with E-state index < -0.39 is 5.60 Å². The third-order valence-electron chi connectivity index (χ3n) is 3.62. The van der Waals surface area contributed by atoms with E-state index in [4.69, 9.17) is 4.74 Å². The summed E-state index contributed by atoms with van der Waals surface area (Å²) < 4.78 is 5.36. The lowest BCUT2D eigenvalue weighted by Crippen LogP contribution is -2.40.